The summed E-state index contributed by atoms with van der Waals surface area (Å²) in [6.45, 7) is 0. The summed E-state index contributed by atoms with van der Waals surface area (Å²) < 4.78 is 5.13. The van der Waals surface area contributed by atoms with Crippen LogP contribution in [0.4, 0.5) is 11.6 Å². The third-order valence-electron chi connectivity index (χ3n) is 3.58. The number of hydrazine groups is 2. The van der Waals surface area contributed by atoms with Crippen LogP contribution in [0.2, 0.25) is 5.02 Å². The lowest BCUT2D eigenvalue weighted by atomic mass is 10.0. The summed E-state index contributed by atoms with van der Waals surface area (Å²) in [5, 5.41) is 13.1. The number of allylic oxidation sites excluding steroid dienone is 2. The number of hydrogen-bond acceptors (Lipinski definition) is 6. The molecule has 0 atom stereocenters. The van der Waals surface area contributed by atoms with Crippen molar-refractivity contribution in [3.8, 4) is 0 Å². The number of nitrogens with zero attached hydrogens (tertiary/aromatic N) is 2. The molecule has 134 valence electrons. The van der Waals surface area contributed by atoms with Gasteiger partial charge in [-0.3, -0.25) is 20.5 Å². The van der Waals surface area contributed by atoms with Crippen molar-refractivity contribution in [1.29, 1.82) is 0 Å². The van der Waals surface area contributed by atoms with Crippen molar-refractivity contribution in [2.75, 3.05) is 5.01 Å². The van der Waals surface area contributed by atoms with E-state index in [2.05, 4.69) is 11.0 Å². The lowest BCUT2D eigenvalue weighted by Gasteiger charge is -2.31. The molecule has 3 rings (SSSR count). The Labute approximate surface area is 159 Å². The molecule has 0 saturated carbocycles. The zero-order chi connectivity index (χ0) is 18.7. The van der Waals surface area contributed by atoms with E-state index in [-0.39, 0.29) is 11.0 Å². The van der Waals surface area contributed by atoms with Crippen molar-refractivity contribution >= 4 is 46.6 Å². The maximum absolute atomic E-state index is 10.7. The van der Waals surface area contributed by atoms with Gasteiger partial charge < -0.3 is 10.2 Å². The fraction of sp³-hybridized carbons (Fsp3) is 0.0625. The SMILES string of the molecule is NC(=S)NNN1C(/C=C/c2ccc([N+](=O)[O-])o2)=CCc2ccc(Cl)cc21. The van der Waals surface area contributed by atoms with Gasteiger partial charge in [0.1, 0.15) is 10.7 Å². The van der Waals surface area contributed by atoms with Crippen LogP contribution in [0.15, 0.2) is 52.6 Å². The quantitative estimate of drug-likeness (QED) is 0.405. The van der Waals surface area contributed by atoms with E-state index in [0.29, 0.717) is 17.2 Å². The fourth-order valence-electron chi connectivity index (χ4n) is 2.44. The number of benzene rings is 1. The molecule has 2 heterocycles. The first-order valence-electron chi connectivity index (χ1n) is 7.46. The molecule has 0 radical (unpaired) electrons. The highest BCUT2D eigenvalue weighted by molar-refractivity contribution is 7.80. The molecular weight excluding hydrogens is 378 g/mol. The van der Waals surface area contributed by atoms with Gasteiger partial charge in [-0.05, 0) is 54.6 Å². The van der Waals surface area contributed by atoms with Crippen LogP contribution < -0.4 is 21.7 Å². The number of rotatable bonds is 5. The lowest BCUT2D eigenvalue weighted by Crippen LogP contribution is -2.51. The number of fused-ring (bicyclic) bond motifs is 1. The molecular formula is C16H14ClN5O3S. The second kappa shape index (κ2) is 7.56. The lowest BCUT2D eigenvalue weighted by molar-refractivity contribution is -0.402. The molecule has 0 fully saturated rings. The first-order chi connectivity index (χ1) is 12.4. The summed E-state index contributed by atoms with van der Waals surface area (Å²) in [6, 6.07) is 8.38. The molecule has 0 aliphatic carbocycles. The Bertz CT molecular complexity index is 924. The van der Waals surface area contributed by atoms with Gasteiger partial charge in [-0.15, -0.1) is 5.53 Å². The number of nitrogens with one attached hydrogen (secondary N) is 2. The number of halogens is 1. The van der Waals surface area contributed by atoms with Gasteiger partial charge in [0.25, 0.3) is 0 Å². The predicted octanol–water partition coefficient (Wildman–Crippen LogP) is 3.05. The van der Waals surface area contributed by atoms with E-state index in [1.165, 1.54) is 12.1 Å². The van der Waals surface area contributed by atoms with Crippen molar-refractivity contribution in [3.05, 3.63) is 74.6 Å². The minimum Gasteiger partial charge on any atom is -0.401 e. The first kappa shape index (κ1) is 17.9. The van der Waals surface area contributed by atoms with Gasteiger partial charge in [-0.25, -0.2) is 0 Å². The van der Waals surface area contributed by atoms with E-state index in [1.807, 2.05) is 24.3 Å². The number of nitro groups is 1. The van der Waals surface area contributed by atoms with E-state index < -0.39 is 4.92 Å². The van der Waals surface area contributed by atoms with Gasteiger partial charge in [-0.1, -0.05) is 23.7 Å². The third-order valence-corrected chi connectivity index (χ3v) is 3.92. The highest BCUT2D eigenvalue weighted by Gasteiger charge is 2.19. The highest BCUT2D eigenvalue weighted by Crippen LogP contribution is 2.31. The van der Waals surface area contributed by atoms with E-state index in [1.54, 1.807) is 17.2 Å². The second-order valence-corrected chi connectivity index (χ2v) is 6.19. The van der Waals surface area contributed by atoms with Gasteiger partial charge in [0.15, 0.2) is 5.11 Å². The Morgan fingerprint density at radius 3 is 2.88 bits per heavy atom. The van der Waals surface area contributed by atoms with E-state index in [0.717, 1.165) is 16.9 Å². The predicted molar refractivity (Wildman–Crippen MR) is 103 cm³/mol. The maximum atomic E-state index is 10.7. The molecule has 8 nitrogen and oxygen atoms in total. The zero-order valence-electron chi connectivity index (χ0n) is 13.3. The number of thiocarbonyl (C=S) groups is 1. The molecule has 0 bridgehead atoms. The molecule has 10 heteroatoms. The topological polar surface area (TPSA) is 110 Å². The molecule has 26 heavy (non-hydrogen) atoms. The van der Waals surface area contributed by atoms with Crippen molar-refractivity contribution in [2.24, 2.45) is 5.73 Å². The molecule has 4 N–H and O–H groups in total. The first-order valence-corrected chi connectivity index (χ1v) is 8.25. The minimum absolute atomic E-state index is 0.0733. The summed E-state index contributed by atoms with van der Waals surface area (Å²) in [5.41, 5.74) is 13.7. The Hall–Kier alpha value is -2.88. The summed E-state index contributed by atoms with van der Waals surface area (Å²) in [4.78, 5) is 10.1. The van der Waals surface area contributed by atoms with Crippen LogP contribution in [0.25, 0.3) is 6.08 Å². The highest BCUT2D eigenvalue weighted by atomic mass is 35.5. The van der Waals surface area contributed by atoms with Crippen LogP contribution in [0.1, 0.15) is 11.3 Å². The Balaban J connectivity index is 1.88. The number of nitrogens with two attached hydrogens (primary N) is 1. The van der Waals surface area contributed by atoms with E-state index in [4.69, 9.17) is 34.0 Å². The van der Waals surface area contributed by atoms with Crippen molar-refractivity contribution in [2.45, 2.75) is 6.42 Å². The molecule has 1 aliphatic heterocycles. The molecule has 1 aromatic heterocycles. The molecule has 1 aliphatic rings. The van der Waals surface area contributed by atoms with E-state index >= 15 is 0 Å². The maximum Gasteiger partial charge on any atom is 0.433 e. The minimum atomic E-state index is -0.588. The largest absolute Gasteiger partial charge is 0.433 e. The van der Waals surface area contributed by atoms with Crippen molar-refractivity contribution < 1.29 is 9.34 Å². The number of furan rings is 1. The van der Waals surface area contributed by atoms with Crippen LogP contribution in [0.3, 0.4) is 0 Å². The average Bonchev–Trinajstić information content (AvgIpc) is 3.07. The molecule has 1 aromatic carbocycles. The monoisotopic (exact) mass is 391 g/mol. The Kier molecular flexibility index (Phi) is 5.21. The number of anilines is 1. The van der Waals surface area contributed by atoms with Crippen LogP contribution in [-0.2, 0) is 6.42 Å². The molecule has 0 unspecified atom stereocenters. The number of hydrogen-bond donors (Lipinski definition) is 3. The second-order valence-electron chi connectivity index (χ2n) is 5.31. The van der Waals surface area contributed by atoms with Gasteiger partial charge in [0.2, 0.25) is 0 Å². The van der Waals surface area contributed by atoms with Crippen molar-refractivity contribution in [3.63, 3.8) is 0 Å². The van der Waals surface area contributed by atoms with Crippen LogP contribution in [-0.4, -0.2) is 10.0 Å². The summed E-state index contributed by atoms with van der Waals surface area (Å²) in [5.74, 6) is 0.0428. The molecule has 0 amide bonds. The van der Waals surface area contributed by atoms with Gasteiger partial charge in [-0.2, -0.15) is 0 Å². The molecule has 2 aromatic rings. The normalized spacial score (nSPS) is 13.4. The standard InChI is InChI=1S/C16H14ClN5O3S/c17-11-3-1-10-2-4-12(21(14(10)9-11)20-19-16(18)26)5-6-13-7-8-15(25-13)22(23)24/h1,3-9,20H,2H2,(H3,18,19,26)/b6-5+. The Morgan fingerprint density at radius 2 is 2.19 bits per heavy atom. The summed E-state index contributed by atoms with van der Waals surface area (Å²) in [7, 11) is 0. The zero-order valence-corrected chi connectivity index (χ0v) is 14.9. The van der Waals surface area contributed by atoms with Gasteiger partial charge >= 0.3 is 5.88 Å². The van der Waals surface area contributed by atoms with Crippen molar-refractivity contribution in [1.82, 2.24) is 11.0 Å². The third kappa shape index (κ3) is 4.02. The molecule has 0 spiro atoms. The smallest absolute Gasteiger partial charge is 0.401 e. The summed E-state index contributed by atoms with van der Waals surface area (Å²) in [6.07, 6.45) is 6.04. The average molecular weight is 392 g/mol. The molecule has 0 saturated heterocycles. The summed E-state index contributed by atoms with van der Waals surface area (Å²) >= 11 is 10.9. The Morgan fingerprint density at radius 1 is 1.38 bits per heavy atom. The van der Waals surface area contributed by atoms with E-state index in [9.17, 15) is 10.1 Å². The van der Waals surface area contributed by atoms with Crippen LogP contribution >= 0.6 is 23.8 Å². The fourth-order valence-corrected chi connectivity index (χ4v) is 2.65. The van der Waals surface area contributed by atoms with Gasteiger partial charge in [0.05, 0.1) is 17.5 Å². The van der Waals surface area contributed by atoms with Crippen LogP contribution in [0, 0.1) is 10.1 Å². The van der Waals surface area contributed by atoms with Gasteiger partial charge in [0, 0.05) is 5.02 Å². The van der Waals surface area contributed by atoms with Crippen LogP contribution in [0.5, 0.6) is 0 Å².